The maximum Gasteiger partial charge on any atom is 0.326 e. The SMILES string of the molecule is O=C(O)[C@H](CCN(CCCCc1ccc2c(n1)NCCC2)CCC(F)F)Nc1nc(-c2cccnc2)nc2ccccc12. The molecular formula is C32H37F2N7O2. The van der Waals surface area contributed by atoms with Crippen LogP contribution in [0.4, 0.5) is 20.4 Å². The van der Waals surface area contributed by atoms with Gasteiger partial charge in [0.25, 0.3) is 0 Å². The number of carboxylic acids is 1. The lowest BCUT2D eigenvalue weighted by molar-refractivity contribution is -0.138. The summed E-state index contributed by atoms with van der Waals surface area (Å²) in [6.45, 7) is 2.10. The second-order valence-electron chi connectivity index (χ2n) is 10.8. The number of nitrogens with zero attached hydrogens (tertiary/aromatic N) is 5. The van der Waals surface area contributed by atoms with Crippen LogP contribution in [0.25, 0.3) is 22.3 Å². The van der Waals surface area contributed by atoms with Crippen molar-refractivity contribution < 1.29 is 18.7 Å². The summed E-state index contributed by atoms with van der Waals surface area (Å²) >= 11 is 0. The molecule has 0 aliphatic carbocycles. The maximum absolute atomic E-state index is 13.1. The molecule has 5 rings (SSSR count). The Morgan fingerprint density at radius 2 is 1.86 bits per heavy atom. The number of aliphatic carboxylic acids is 1. The Morgan fingerprint density at radius 1 is 1.00 bits per heavy atom. The summed E-state index contributed by atoms with van der Waals surface area (Å²) in [6, 6.07) is 14.3. The molecule has 0 saturated carbocycles. The monoisotopic (exact) mass is 589 g/mol. The minimum atomic E-state index is -2.42. The van der Waals surface area contributed by atoms with Gasteiger partial charge in [-0.15, -0.1) is 0 Å². The lowest BCUT2D eigenvalue weighted by Crippen LogP contribution is -2.36. The van der Waals surface area contributed by atoms with Gasteiger partial charge in [-0.3, -0.25) is 4.98 Å². The molecule has 4 heterocycles. The summed E-state index contributed by atoms with van der Waals surface area (Å²) < 4.78 is 26.2. The molecule has 0 amide bonds. The topological polar surface area (TPSA) is 116 Å². The Labute approximate surface area is 249 Å². The minimum Gasteiger partial charge on any atom is -0.480 e. The highest BCUT2D eigenvalue weighted by Crippen LogP contribution is 2.26. The van der Waals surface area contributed by atoms with E-state index in [0.717, 1.165) is 50.2 Å². The molecule has 3 aromatic heterocycles. The molecule has 1 aliphatic rings. The number of anilines is 2. The van der Waals surface area contributed by atoms with E-state index in [1.807, 2.05) is 35.2 Å². The van der Waals surface area contributed by atoms with Crippen LogP contribution in [0.3, 0.4) is 0 Å². The standard InChI is InChI=1S/C32H37F2N7O2/c33-28(34)15-20-41(18-4-3-9-24-13-12-22-7-6-17-36-29(22)37-24)19-14-27(32(42)43)39-31-25-10-1-2-11-26(25)38-30(40-31)23-8-5-16-35-21-23/h1-2,5,8,10-13,16,21,27-28H,3-4,6-7,9,14-15,17-20H2,(H,36,37)(H,42,43)(H,38,39,40)/t27-/m0/s1. The van der Waals surface area contributed by atoms with E-state index >= 15 is 0 Å². The van der Waals surface area contributed by atoms with Crippen LogP contribution >= 0.6 is 0 Å². The first-order chi connectivity index (χ1) is 21.0. The number of nitrogens with one attached hydrogen (secondary N) is 2. The Morgan fingerprint density at radius 3 is 2.67 bits per heavy atom. The van der Waals surface area contributed by atoms with Crippen molar-refractivity contribution in [2.45, 2.75) is 57.4 Å². The summed E-state index contributed by atoms with van der Waals surface area (Å²) in [6.07, 6.45) is 5.48. The predicted molar refractivity (Wildman–Crippen MR) is 163 cm³/mol. The van der Waals surface area contributed by atoms with E-state index in [9.17, 15) is 18.7 Å². The first kappa shape index (κ1) is 30.2. The normalized spacial score (nSPS) is 13.6. The summed E-state index contributed by atoms with van der Waals surface area (Å²) in [5.41, 5.74) is 3.65. The number of halogens is 2. The van der Waals surface area contributed by atoms with E-state index in [1.165, 1.54) is 5.56 Å². The third-order valence-corrected chi connectivity index (χ3v) is 7.64. The van der Waals surface area contributed by atoms with Gasteiger partial charge in [-0.1, -0.05) is 18.2 Å². The number of fused-ring (bicyclic) bond motifs is 2. The zero-order valence-electron chi connectivity index (χ0n) is 24.1. The van der Waals surface area contributed by atoms with Gasteiger partial charge in [0.05, 0.1) is 5.52 Å². The second-order valence-corrected chi connectivity index (χ2v) is 10.8. The van der Waals surface area contributed by atoms with Gasteiger partial charge in [0, 0.05) is 55.1 Å². The fourth-order valence-electron chi connectivity index (χ4n) is 5.31. The van der Waals surface area contributed by atoms with Gasteiger partial charge in [0.2, 0.25) is 6.43 Å². The molecule has 1 atom stereocenters. The van der Waals surface area contributed by atoms with Gasteiger partial charge >= 0.3 is 5.97 Å². The first-order valence-corrected chi connectivity index (χ1v) is 14.9. The molecular weight excluding hydrogens is 552 g/mol. The van der Waals surface area contributed by atoms with Crippen molar-refractivity contribution in [3.8, 4) is 11.4 Å². The molecule has 43 heavy (non-hydrogen) atoms. The Hall–Kier alpha value is -4.25. The Bertz CT molecular complexity index is 1510. The number of aryl methyl sites for hydroxylation is 2. The highest BCUT2D eigenvalue weighted by atomic mass is 19.3. The van der Waals surface area contributed by atoms with Gasteiger partial charge < -0.3 is 20.6 Å². The van der Waals surface area contributed by atoms with Crippen molar-refractivity contribution in [2.24, 2.45) is 0 Å². The Kier molecular flexibility index (Phi) is 10.4. The molecule has 226 valence electrons. The largest absolute Gasteiger partial charge is 0.480 e. The molecule has 1 aromatic carbocycles. The van der Waals surface area contributed by atoms with Crippen LogP contribution in [0, 0.1) is 0 Å². The van der Waals surface area contributed by atoms with Crippen molar-refractivity contribution >= 4 is 28.5 Å². The molecule has 0 radical (unpaired) electrons. The third kappa shape index (κ3) is 8.41. The number of hydrogen-bond donors (Lipinski definition) is 3. The molecule has 1 aliphatic heterocycles. The Balaban J connectivity index is 1.22. The van der Waals surface area contributed by atoms with Crippen molar-refractivity contribution in [2.75, 3.05) is 36.8 Å². The number of pyridine rings is 2. The quantitative estimate of drug-likeness (QED) is 0.151. The van der Waals surface area contributed by atoms with Crippen LogP contribution in [0.5, 0.6) is 0 Å². The zero-order chi connectivity index (χ0) is 30.0. The number of alkyl halides is 2. The molecule has 0 spiro atoms. The van der Waals surface area contributed by atoms with Crippen LogP contribution in [-0.2, 0) is 17.6 Å². The fraction of sp³-hybridized carbons (Fsp3) is 0.406. The van der Waals surface area contributed by atoms with E-state index in [1.54, 1.807) is 18.5 Å². The van der Waals surface area contributed by atoms with Gasteiger partial charge in [-0.05, 0) is 81.0 Å². The molecule has 3 N–H and O–H groups in total. The van der Waals surface area contributed by atoms with E-state index < -0.39 is 18.4 Å². The molecule has 0 bridgehead atoms. The van der Waals surface area contributed by atoms with E-state index in [4.69, 9.17) is 4.98 Å². The van der Waals surface area contributed by atoms with Crippen molar-refractivity contribution in [3.63, 3.8) is 0 Å². The lowest BCUT2D eigenvalue weighted by Gasteiger charge is -2.25. The van der Waals surface area contributed by atoms with Crippen molar-refractivity contribution in [1.29, 1.82) is 0 Å². The van der Waals surface area contributed by atoms with Crippen LogP contribution in [0.2, 0.25) is 0 Å². The summed E-state index contributed by atoms with van der Waals surface area (Å²) in [4.78, 5) is 32.4. The molecule has 0 unspecified atom stereocenters. The molecule has 4 aromatic rings. The number of rotatable bonds is 15. The minimum absolute atomic E-state index is 0.201. The smallest absolute Gasteiger partial charge is 0.326 e. The summed E-state index contributed by atoms with van der Waals surface area (Å²) in [5, 5.41) is 17.2. The van der Waals surface area contributed by atoms with E-state index in [0.29, 0.717) is 41.2 Å². The molecule has 11 heteroatoms. The van der Waals surface area contributed by atoms with Crippen LogP contribution in [0.15, 0.2) is 60.9 Å². The van der Waals surface area contributed by atoms with Gasteiger partial charge in [0.1, 0.15) is 17.7 Å². The number of aromatic nitrogens is 4. The van der Waals surface area contributed by atoms with Crippen molar-refractivity contribution in [1.82, 2.24) is 24.8 Å². The van der Waals surface area contributed by atoms with Crippen LogP contribution < -0.4 is 10.6 Å². The molecule has 0 fully saturated rings. The number of carbonyl (C=O) groups is 1. The van der Waals surface area contributed by atoms with Gasteiger partial charge in [-0.2, -0.15) is 0 Å². The number of unbranched alkanes of at least 4 members (excludes halogenated alkanes) is 1. The first-order valence-electron chi connectivity index (χ1n) is 14.9. The number of carboxylic acid groups (broad SMARTS) is 1. The van der Waals surface area contributed by atoms with Gasteiger partial charge in [0.15, 0.2) is 5.82 Å². The molecule has 0 saturated heterocycles. The fourth-order valence-corrected chi connectivity index (χ4v) is 5.31. The highest BCUT2D eigenvalue weighted by molar-refractivity contribution is 5.92. The van der Waals surface area contributed by atoms with Gasteiger partial charge in [-0.25, -0.2) is 28.5 Å². The summed E-state index contributed by atoms with van der Waals surface area (Å²) in [7, 11) is 0. The van der Waals surface area contributed by atoms with Crippen LogP contribution in [0.1, 0.15) is 43.4 Å². The number of para-hydroxylation sites is 1. The lowest BCUT2D eigenvalue weighted by atomic mass is 10.1. The van der Waals surface area contributed by atoms with E-state index in [2.05, 4.69) is 37.7 Å². The number of hydrogen-bond acceptors (Lipinski definition) is 8. The van der Waals surface area contributed by atoms with Crippen LogP contribution in [-0.4, -0.2) is 74.6 Å². The maximum atomic E-state index is 13.1. The second kappa shape index (κ2) is 14.8. The third-order valence-electron chi connectivity index (χ3n) is 7.64. The predicted octanol–water partition coefficient (Wildman–Crippen LogP) is 5.68. The van der Waals surface area contributed by atoms with Crippen molar-refractivity contribution in [3.05, 3.63) is 72.2 Å². The zero-order valence-corrected chi connectivity index (χ0v) is 24.1. The van der Waals surface area contributed by atoms with E-state index in [-0.39, 0.29) is 19.4 Å². The highest BCUT2D eigenvalue weighted by Gasteiger charge is 2.22. The summed E-state index contributed by atoms with van der Waals surface area (Å²) in [5.74, 6) is 0.772. The average Bonchev–Trinajstić information content (AvgIpc) is 3.03. The average molecular weight is 590 g/mol. The number of benzene rings is 1. The molecule has 9 nitrogen and oxygen atoms in total.